The SMILES string of the molecule is CC#CCC(NCCC)c1ccc(OC)c(F)c1. The minimum atomic E-state index is -0.331. The molecule has 0 heterocycles. The molecule has 1 atom stereocenters. The molecule has 0 aliphatic heterocycles. The molecule has 1 N–H and O–H groups in total. The zero-order valence-electron chi connectivity index (χ0n) is 11.2. The lowest BCUT2D eigenvalue weighted by Gasteiger charge is -2.17. The Labute approximate surface area is 109 Å². The van der Waals surface area contributed by atoms with E-state index >= 15 is 0 Å². The fraction of sp³-hybridized carbons (Fsp3) is 0.467. The van der Waals surface area contributed by atoms with Crippen LogP contribution in [0, 0.1) is 17.7 Å². The van der Waals surface area contributed by atoms with Crippen molar-refractivity contribution in [2.45, 2.75) is 32.7 Å². The van der Waals surface area contributed by atoms with Gasteiger partial charge in [0.2, 0.25) is 0 Å². The van der Waals surface area contributed by atoms with Gasteiger partial charge < -0.3 is 10.1 Å². The molecule has 0 bridgehead atoms. The summed E-state index contributed by atoms with van der Waals surface area (Å²) in [6.07, 6.45) is 1.72. The fourth-order valence-electron chi connectivity index (χ4n) is 1.73. The van der Waals surface area contributed by atoms with Crippen LogP contribution in [0.1, 0.15) is 38.3 Å². The summed E-state index contributed by atoms with van der Waals surface area (Å²) in [5.74, 6) is 5.85. The number of methoxy groups -OCH3 is 1. The molecule has 1 unspecified atom stereocenters. The third-order valence-corrected chi connectivity index (χ3v) is 2.70. The van der Waals surface area contributed by atoms with Crippen molar-refractivity contribution in [1.82, 2.24) is 5.32 Å². The summed E-state index contributed by atoms with van der Waals surface area (Å²) in [7, 11) is 1.47. The largest absolute Gasteiger partial charge is 0.494 e. The molecule has 0 radical (unpaired) electrons. The van der Waals surface area contributed by atoms with Gasteiger partial charge in [0.25, 0.3) is 0 Å². The second-order valence-electron chi connectivity index (χ2n) is 4.03. The highest BCUT2D eigenvalue weighted by atomic mass is 19.1. The first kappa shape index (κ1) is 14.5. The van der Waals surface area contributed by atoms with Crippen LogP contribution in [0.5, 0.6) is 5.75 Å². The first-order chi connectivity index (χ1) is 8.72. The Kier molecular flexibility index (Phi) is 6.24. The van der Waals surface area contributed by atoms with Gasteiger partial charge in [0.05, 0.1) is 7.11 Å². The molecule has 3 heteroatoms. The van der Waals surface area contributed by atoms with Crippen LogP contribution in [-0.4, -0.2) is 13.7 Å². The average molecular weight is 249 g/mol. The maximum absolute atomic E-state index is 13.7. The molecule has 0 saturated carbocycles. The van der Waals surface area contributed by atoms with Crippen LogP contribution in [0.25, 0.3) is 0 Å². The van der Waals surface area contributed by atoms with Crippen LogP contribution >= 0.6 is 0 Å². The monoisotopic (exact) mass is 249 g/mol. The Hall–Kier alpha value is -1.53. The lowest BCUT2D eigenvalue weighted by atomic mass is 10.0. The van der Waals surface area contributed by atoms with Gasteiger partial charge in [-0.25, -0.2) is 4.39 Å². The average Bonchev–Trinajstić information content (AvgIpc) is 2.39. The molecule has 0 fully saturated rings. The van der Waals surface area contributed by atoms with Crippen molar-refractivity contribution in [3.05, 3.63) is 29.6 Å². The second-order valence-corrected chi connectivity index (χ2v) is 4.03. The molecule has 1 aromatic rings. The standard InChI is InChI=1S/C15H20FNO/c1-4-6-7-14(17-10-5-2)12-8-9-15(18-3)13(16)11-12/h8-9,11,14,17H,5,7,10H2,1-3H3. The second kappa shape index (κ2) is 7.73. The van der Waals surface area contributed by atoms with Crippen LogP contribution < -0.4 is 10.1 Å². The summed E-state index contributed by atoms with van der Waals surface area (Å²) >= 11 is 0. The van der Waals surface area contributed by atoms with E-state index in [1.165, 1.54) is 13.2 Å². The van der Waals surface area contributed by atoms with E-state index < -0.39 is 0 Å². The number of nitrogens with one attached hydrogen (secondary N) is 1. The lowest BCUT2D eigenvalue weighted by molar-refractivity contribution is 0.385. The van der Waals surface area contributed by atoms with E-state index in [1.54, 1.807) is 6.07 Å². The van der Waals surface area contributed by atoms with Gasteiger partial charge in [0.15, 0.2) is 11.6 Å². The molecule has 1 rings (SSSR count). The highest BCUT2D eigenvalue weighted by molar-refractivity contribution is 5.31. The van der Waals surface area contributed by atoms with Crippen LogP contribution in [0.15, 0.2) is 18.2 Å². The summed E-state index contributed by atoms with van der Waals surface area (Å²) in [6, 6.07) is 5.12. The first-order valence-corrected chi connectivity index (χ1v) is 6.19. The predicted octanol–water partition coefficient (Wildman–Crippen LogP) is 3.29. The molecule has 1 aromatic carbocycles. The highest BCUT2D eigenvalue weighted by Gasteiger charge is 2.12. The van der Waals surface area contributed by atoms with E-state index in [4.69, 9.17) is 4.74 Å². The van der Waals surface area contributed by atoms with E-state index in [-0.39, 0.29) is 17.6 Å². The third kappa shape index (κ3) is 4.05. The van der Waals surface area contributed by atoms with Crippen molar-refractivity contribution in [2.75, 3.05) is 13.7 Å². The van der Waals surface area contributed by atoms with Crippen molar-refractivity contribution in [3.8, 4) is 17.6 Å². The molecule has 0 saturated heterocycles. The molecular weight excluding hydrogens is 229 g/mol. The predicted molar refractivity (Wildman–Crippen MR) is 72.1 cm³/mol. The molecule has 0 aliphatic carbocycles. The van der Waals surface area contributed by atoms with Gasteiger partial charge in [0, 0.05) is 12.5 Å². The van der Waals surface area contributed by atoms with E-state index in [0.29, 0.717) is 6.42 Å². The number of hydrogen-bond acceptors (Lipinski definition) is 2. The highest BCUT2D eigenvalue weighted by Crippen LogP contribution is 2.23. The molecule has 18 heavy (non-hydrogen) atoms. The Bertz CT molecular complexity index is 434. The number of rotatable bonds is 6. The lowest BCUT2D eigenvalue weighted by Crippen LogP contribution is -2.21. The fourth-order valence-corrected chi connectivity index (χ4v) is 1.73. The third-order valence-electron chi connectivity index (χ3n) is 2.70. The Morgan fingerprint density at radius 2 is 2.22 bits per heavy atom. The maximum atomic E-state index is 13.7. The van der Waals surface area contributed by atoms with E-state index in [9.17, 15) is 4.39 Å². The Morgan fingerprint density at radius 3 is 2.78 bits per heavy atom. The van der Waals surface area contributed by atoms with Gasteiger partial charge >= 0.3 is 0 Å². The minimum absolute atomic E-state index is 0.0674. The van der Waals surface area contributed by atoms with Crippen molar-refractivity contribution in [1.29, 1.82) is 0 Å². The topological polar surface area (TPSA) is 21.3 Å². The summed E-state index contributed by atoms with van der Waals surface area (Å²) in [5, 5.41) is 3.38. The molecule has 0 amide bonds. The van der Waals surface area contributed by atoms with Crippen LogP contribution in [0.4, 0.5) is 4.39 Å². The normalized spacial score (nSPS) is 11.6. The summed E-state index contributed by atoms with van der Waals surface area (Å²) < 4.78 is 18.6. The van der Waals surface area contributed by atoms with Gasteiger partial charge in [-0.15, -0.1) is 11.8 Å². The van der Waals surface area contributed by atoms with Crippen LogP contribution in [-0.2, 0) is 0 Å². The smallest absolute Gasteiger partial charge is 0.165 e. The minimum Gasteiger partial charge on any atom is -0.494 e. The molecular formula is C15H20FNO. The molecule has 2 nitrogen and oxygen atoms in total. The van der Waals surface area contributed by atoms with Gasteiger partial charge in [-0.3, -0.25) is 0 Å². The van der Waals surface area contributed by atoms with Crippen molar-refractivity contribution in [3.63, 3.8) is 0 Å². The summed E-state index contributed by atoms with van der Waals surface area (Å²) in [4.78, 5) is 0. The first-order valence-electron chi connectivity index (χ1n) is 6.19. The zero-order chi connectivity index (χ0) is 13.4. The zero-order valence-corrected chi connectivity index (χ0v) is 11.2. The van der Waals surface area contributed by atoms with Gasteiger partial charge in [-0.2, -0.15) is 0 Å². The Morgan fingerprint density at radius 1 is 1.44 bits per heavy atom. The maximum Gasteiger partial charge on any atom is 0.165 e. The van der Waals surface area contributed by atoms with Crippen molar-refractivity contribution in [2.24, 2.45) is 0 Å². The van der Waals surface area contributed by atoms with E-state index in [2.05, 4.69) is 24.1 Å². The van der Waals surface area contributed by atoms with Gasteiger partial charge in [-0.05, 0) is 37.6 Å². The Balaban J connectivity index is 2.88. The number of halogens is 1. The van der Waals surface area contributed by atoms with Crippen molar-refractivity contribution >= 4 is 0 Å². The van der Waals surface area contributed by atoms with Gasteiger partial charge in [0.1, 0.15) is 0 Å². The van der Waals surface area contributed by atoms with Crippen LogP contribution in [0.2, 0.25) is 0 Å². The quantitative estimate of drug-likeness (QED) is 0.781. The van der Waals surface area contributed by atoms with Crippen molar-refractivity contribution < 1.29 is 9.13 Å². The summed E-state index contributed by atoms with van der Waals surface area (Å²) in [6.45, 7) is 4.80. The number of ether oxygens (including phenoxy) is 1. The molecule has 0 aromatic heterocycles. The number of benzene rings is 1. The van der Waals surface area contributed by atoms with Gasteiger partial charge in [-0.1, -0.05) is 13.0 Å². The van der Waals surface area contributed by atoms with Crippen LogP contribution in [0.3, 0.4) is 0 Å². The van der Waals surface area contributed by atoms with E-state index in [1.807, 2.05) is 13.0 Å². The molecule has 98 valence electrons. The molecule has 0 aliphatic rings. The number of hydrogen-bond donors (Lipinski definition) is 1. The van der Waals surface area contributed by atoms with E-state index in [0.717, 1.165) is 18.5 Å². The summed E-state index contributed by atoms with van der Waals surface area (Å²) in [5.41, 5.74) is 0.907. The molecule has 0 spiro atoms.